The summed E-state index contributed by atoms with van der Waals surface area (Å²) in [5.74, 6) is -3.48. The van der Waals surface area contributed by atoms with Crippen LogP contribution in [0.2, 0.25) is 0 Å². The van der Waals surface area contributed by atoms with E-state index in [-0.39, 0.29) is 22.8 Å². The summed E-state index contributed by atoms with van der Waals surface area (Å²) in [7, 11) is 2.56. The minimum Gasteiger partial charge on any atom is -0.497 e. The molecule has 222 valence electrons. The predicted octanol–water partition coefficient (Wildman–Crippen LogP) is 5.17. The van der Waals surface area contributed by atoms with Crippen LogP contribution in [0.4, 0.5) is 27.6 Å². The molecule has 3 heterocycles. The first-order chi connectivity index (χ1) is 20.4. The Bertz CT molecular complexity index is 1870. The van der Waals surface area contributed by atoms with Crippen molar-refractivity contribution >= 4 is 11.6 Å². The van der Waals surface area contributed by atoms with Gasteiger partial charge in [-0.2, -0.15) is 9.78 Å². The number of halogens is 5. The van der Waals surface area contributed by atoms with Gasteiger partial charge in [-0.05, 0) is 49.4 Å². The molecule has 0 radical (unpaired) electrons. The number of carbonyl (C=O) groups is 1. The molecule has 0 fully saturated rings. The largest absolute Gasteiger partial charge is 0.573 e. The van der Waals surface area contributed by atoms with Crippen LogP contribution in [0.15, 0.2) is 71.7 Å². The van der Waals surface area contributed by atoms with E-state index in [1.807, 2.05) is 0 Å². The van der Waals surface area contributed by atoms with Gasteiger partial charge >= 0.3 is 6.36 Å². The smallest absolute Gasteiger partial charge is 0.497 e. The Morgan fingerprint density at radius 1 is 0.953 bits per heavy atom. The maximum absolute atomic E-state index is 15.3. The lowest BCUT2D eigenvalue weighted by Gasteiger charge is -2.13. The summed E-state index contributed by atoms with van der Waals surface area (Å²) >= 11 is 0. The number of hydrogen-bond acceptors (Lipinski definition) is 6. The average Bonchev–Trinajstić information content (AvgIpc) is 3.48. The van der Waals surface area contributed by atoms with Gasteiger partial charge in [0, 0.05) is 30.9 Å². The second kappa shape index (κ2) is 11.1. The van der Waals surface area contributed by atoms with Gasteiger partial charge < -0.3 is 14.8 Å². The fraction of sp³-hybridized carbons (Fsp3) is 0.143. The van der Waals surface area contributed by atoms with Crippen LogP contribution in [-0.2, 0) is 7.05 Å². The minimum absolute atomic E-state index is 0.0304. The molecule has 0 unspecified atom stereocenters. The lowest BCUT2D eigenvalue weighted by Crippen LogP contribution is -2.24. The highest BCUT2D eigenvalue weighted by atomic mass is 19.4. The lowest BCUT2D eigenvalue weighted by atomic mass is 10.1. The highest BCUT2D eigenvalue weighted by Crippen LogP contribution is 2.34. The third-order valence-electron chi connectivity index (χ3n) is 6.24. The number of anilines is 1. The van der Waals surface area contributed by atoms with Crippen LogP contribution in [0.25, 0.3) is 22.9 Å². The first-order valence-corrected chi connectivity index (χ1v) is 12.4. The summed E-state index contributed by atoms with van der Waals surface area (Å²) in [4.78, 5) is 31.4. The molecule has 5 rings (SSSR count). The summed E-state index contributed by atoms with van der Waals surface area (Å²) in [6.07, 6.45) is -3.29. The topological polar surface area (TPSA) is 105 Å². The van der Waals surface area contributed by atoms with E-state index in [1.54, 1.807) is 31.3 Å². The summed E-state index contributed by atoms with van der Waals surface area (Å²) < 4.78 is 80.6. The number of methoxy groups -OCH3 is 1. The number of benzene rings is 2. The maximum atomic E-state index is 15.3. The molecule has 2 aromatic carbocycles. The summed E-state index contributed by atoms with van der Waals surface area (Å²) in [6, 6.07) is 12.1. The molecule has 43 heavy (non-hydrogen) atoms. The van der Waals surface area contributed by atoms with E-state index in [0.29, 0.717) is 11.5 Å². The summed E-state index contributed by atoms with van der Waals surface area (Å²) in [5, 5.41) is 6.65. The van der Waals surface area contributed by atoms with Crippen LogP contribution >= 0.6 is 0 Å². The Hall–Kier alpha value is -5.47. The molecule has 0 atom stereocenters. The minimum atomic E-state index is -4.94. The number of hydrogen-bond donors (Lipinski definition) is 1. The van der Waals surface area contributed by atoms with Crippen LogP contribution in [0, 0.1) is 18.6 Å². The molecule has 15 heteroatoms. The molecule has 1 amide bonds. The van der Waals surface area contributed by atoms with Crippen molar-refractivity contribution < 1.29 is 36.2 Å². The zero-order valence-corrected chi connectivity index (χ0v) is 22.6. The predicted molar refractivity (Wildman–Crippen MR) is 144 cm³/mol. The maximum Gasteiger partial charge on any atom is 0.573 e. The molecule has 0 saturated heterocycles. The van der Waals surface area contributed by atoms with E-state index < -0.39 is 46.5 Å². The fourth-order valence-corrected chi connectivity index (χ4v) is 4.35. The van der Waals surface area contributed by atoms with Crippen molar-refractivity contribution in [1.29, 1.82) is 0 Å². The molecular formula is C28H21F5N6O4. The van der Waals surface area contributed by atoms with Gasteiger partial charge in [0.25, 0.3) is 11.5 Å². The molecule has 0 saturated carbocycles. The van der Waals surface area contributed by atoms with Gasteiger partial charge in [0.1, 0.15) is 34.5 Å². The SMILES string of the molecule is COc1cc(F)c(-c2c(NC(=O)c3ccc(OC(F)(F)F)cc3)c(=O)n(-c3cccc(-n4ccc(C)n4)n3)n2C)c(F)c1. The van der Waals surface area contributed by atoms with Crippen molar-refractivity contribution in [3.8, 4) is 34.4 Å². The van der Waals surface area contributed by atoms with E-state index in [9.17, 15) is 22.8 Å². The molecule has 3 aromatic heterocycles. The van der Waals surface area contributed by atoms with Crippen molar-refractivity contribution in [2.24, 2.45) is 7.05 Å². The number of nitrogens with zero attached hydrogens (tertiary/aromatic N) is 5. The number of carbonyl (C=O) groups excluding carboxylic acids is 1. The third kappa shape index (κ3) is 5.82. The van der Waals surface area contributed by atoms with E-state index in [4.69, 9.17) is 4.74 Å². The zero-order chi connectivity index (χ0) is 31.1. The van der Waals surface area contributed by atoms with Crippen molar-refractivity contribution in [2.45, 2.75) is 13.3 Å². The van der Waals surface area contributed by atoms with Crippen molar-refractivity contribution in [2.75, 3.05) is 12.4 Å². The van der Waals surface area contributed by atoms with Gasteiger partial charge in [0.05, 0.1) is 18.4 Å². The molecule has 0 bridgehead atoms. The monoisotopic (exact) mass is 600 g/mol. The molecule has 0 spiro atoms. The Labute approximate surface area is 239 Å². The fourth-order valence-electron chi connectivity index (χ4n) is 4.35. The molecule has 0 aliphatic carbocycles. The average molecular weight is 601 g/mol. The van der Waals surface area contributed by atoms with Gasteiger partial charge in [-0.15, -0.1) is 13.2 Å². The second-order valence-corrected chi connectivity index (χ2v) is 9.11. The van der Waals surface area contributed by atoms with Crippen molar-refractivity contribution in [1.82, 2.24) is 24.1 Å². The normalized spacial score (nSPS) is 11.4. The van der Waals surface area contributed by atoms with E-state index >= 15 is 8.78 Å². The number of aromatic nitrogens is 5. The molecule has 0 aliphatic heterocycles. The number of nitrogens with one attached hydrogen (secondary N) is 1. The number of alkyl halides is 3. The van der Waals surface area contributed by atoms with Crippen LogP contribution in [0.5, 0.6) is 11.5 Å². The number of ether oxygens (including phenoxy) is 2. The highest BCUT2D eigenvalue weighted by Gasteiger charge is 2.31. The van der Waals surface area contributed by atoms with Gasteiger partial charge in [0.15, 0.2) is 11.6 Å². The lowest BCUT2D eigenvalue weighted by molar-refractivity contribution is -0.274. The number of aryl methyl sites for hydroxylation is 1. The zero-order valence-electron chi connectivity index (χ0n) is 22.6. The molecule has 1 N–H and O–H groups in total. The van der Waals surface area contributed by atoms with E-state index in [1.165, 1.54) is 24.9 Å². The van der Waals surface area contributed by atoms with Crippen molar-refractivity contribution in [3.05, 3.63) is 100 Å². The van der Waals surface area contributed by atoms with Gasteiger partial charge in [-0.3, -0.25) is 14.3 Å². The van der Waals surface area contributed by atoms with Crippen LogP contribution in [-0.4, -0.2) is 43.5 Å². The van der Waals surface area contributed by atoms with Crippen molar-refractivity contribution in [3.63, 3.8) is 0 Å². The van der Waals surface area contributed by atoms with E-state index in [2.05, 4.69) is 20.1 Å². The highest BCUT2D eigenvalue weighted by molar-refractivity contribution is 6.06. The Morgan fingerprint density at radius 3 is 2.19 bits per heavy atom. The van der Waals surface area contributed by atoms with Gasteiger partial charge in [-0.1, -0.05) is 6.07 Å². The van der Waals surface area contributed by atoms with Crippen LogP contribution in [0.1, 0.15) is 16.1 Å². The van der Waals surface area contributed by atoms with Crippen LogP contribution < -0.4 is 20.3 Å². The van der Waals surface area contributed by atoms with Gasteiger partial charge in [-0.25, -0.2) is 18.4 Å². The Morgan fingerprint density at radius 2 is 1.60 bits per heavy atom. The molecule has 5 aromatic rings. The standard InChI is InChI=1S/C28H21F5N6O4/c1-15-11-12-38(36-15)21-5-4-6-22(34-21)39-27(41)24(25(37(39)2)23-19(29)13-18(42-3)14-20(23)30)35-26(40)16-7-9-17(10-8-16)43-28(31,32)33/h4-14H,1-3H3,(H,35,40). The third-order valence-corrected chi connectivity index (χ3v) is 6.24. The summed E-state index contributed by atoms with van der Waals surface area (Å²) in [6.45, 7) is 1.78. The number of amides is 1. The molecule has 0 aliphatic rings. The molecule has 10 nitrogen and oxygen atoms in total. The Kier molecular flexibility index (Phi) is 7.48. The number of rotatable bonds is 7. The summed E-state index contributed by atoms with van der Waals surface area (Å²) in [5.41, 5.74) is -1.89. The molecular weight excluding hydrogens is 579 g/mol. The first kappa shape index (κ1) is 29.0. The second-order valence-electron chi connectivity index (χ2n) is 9.11. The number of pyridine rings is 1. The van der Waals surface area contributed by atoms with Crippen LogP contribution in [0.3, 0.4) is 0 Å². The Balaban J connectivity index is 1.64. The van der Waals surface area contributed by atoms with Gasteiger partial charge in [0.2, 0.25) is 0 Å². The quantitative estimate of drug-likeness (QED) is 0.259. The first-order valence-electron chi connectivity index (χ1n) is 12.4. The van der Waals surface area contributed by atoms with E-state index in [0.717, 1.165) is 45.8 Å².